The smallest absolute Gasteiger partial charge is 0.222 e. The number of hydrogen-bond donors (Lipinski definition) is 1. The highest BCUT2D eigenvalue weighted by Gasteiger charge is 2.34. The lowest BCUT2D eigenvalue weighted by atomic mass is 9.89. The summed E-state index contributed by atoms with van der Waals surface area (Å²) in [5.74, 6) is 0.904. The van der Waals surface area contributed by atoms with Crippen LogP contribution in [0, 0.1) is 5.92 Å². The summed E-state index contributed by atoms with van der Waals surface area (Å²) in [5.41, 5.74) is 0. The topological polar surface area (TPSA) is 41.6 Å². The Labute approximate surface area is 116 Å². The minimum Gasteiger partial charge on any atom is -0.380 e. The molecular weight excluding hydrogens is 240 g/mol. The number of carbonyl (C=O) groups excluding carboxylic acids is 1. The van der Waals surface area contributed by atoms with Gasteiger partial charge in [-0.25, -0.2) is 0 Å². The number of fused-ring (bicyclic) bond motifs is 2. The molecule has 0 spiro atoms. The molecule has 0 aromatic rings. The molecule has 2 rings (SSSR count). The number of rotatable bonds is 7. The van der Waals surface area contributed by atoms with Crippen molar-refractivity contribution in [3.05, 3.63) is 0 Å². The average molecular weight is 268 g/mol. The summed E-state index contributed by atoms with van der Waals surface area (Å²) in [7, 11) is 0. The summed E-state index contributed by atoms with van der Waals surface area (Å²) in [5, 5.41) is 3.63. The molecule has 2 atom stereocenters. The van der Waals surface area contributed by atoms with Crippen LogP contribution in [0.2, 0.25) is 0 Å². The maximum atomic E-state index is 12.3. The van der Waals surface area contributed by atoms with E-state index in [1.54, 1.807) is 0 Å². The van der Waals surface area contributed by atoms with Crippen molar-refractivity contribution in [3.63, 3.8) is 0 Å². The van der Waals surface area contributed by atoms with Crippen LogP contribution in [0.4, 0.5) is 0 Å². The van der Waals surface area contributed by atoms with Gasteiger partial charge in [-0.3, -0.25) is 4.79 Å². The molecule has 2 heterocycles. The first-order valence-electron chi connectivity index (χ1n) is 7.84. The predicted molar refractivity (Wildman–Crippen MR) is 76.0 cm³/mol. The van der Waals surface area contributed by atoms with Gasteiger partial charge in [-0.15, -0.1) is 0 Å². The SMILES string of the molecule is CCOCCN(CC)C(=O)CC1CC2CCC(C1)N2. The zero-order valence-corrected chi connectivity index (χ0v) is 12.4. The molecule has 110 valence electrons. The Balaban J connectivity index is 1.75. The van der Waals surface area contributed by atoms with Gasteiger partial charge in [-0.05, 0) is 45.4 Å². The minimum absolute atomic E-state index is 0.313. The molecule has 2 saturated heterocycles. The summed E-state index contributed by atoms with van der Waals surface area (Å²) in [6, 6.07) is 1.35. The largest absolute Gasteiger partial charge is 0.380 e. The van der Waals surface area contributed by atoms with Crippen molar-refractivity contribution in [2.75, 3.05) is 26.3 Å². The molecule has 2 fully saturated rings. The first kappa shape index (κ1) is 14.8. The molecule has 0 aromatic heterocycles. The Hall–Kier alpha value is -0.610. The number of carbonyl (C=O) groups is 1. The van der Waals surface area contributed by atoms with Crippen LogP contribution >= 0.6 is 0 Å². The molecule has 0 aliphatic carbocycles. The van der Waals surface area contributed by atoms with Crippen LogP contribution in [-0.4, -0.2) is 49.2 Å². The summed E-state index contributed by atoms with van der Waals surface area (Å²) < 4.78 is 5.35. The number of hydrogen-bond acceptors (Lipinski definition) is 3. The molecule has 1 N–H and O–H groups in total. The van der Waals surface area contributed by atoms with Gasteiger partial charge in [0, 0.05) is 38.2 Å². The molecule has 2 aliphatic rings. The van der Waals surface area contributed by atoms with Gasteiger partial charge >= 0.3 is 0 Å². The summed E-state index contributed by atoms with van der Waals surface area (Å²) >= 11 is 0. The second-order valence-electron chi connectivity index (χ2n) is 5.85. The van der Waals surface area contributed by atoms with Gasteiger partial charge in [0.05, 0.1) is 6.61 Å². The normalized spacial score (nSPS) is 29.5. The number of nitrogens with zero attached hydrogens (tertiary/aromatic N) is 1. The fourth-order valence-corrected chi connectivity index (χ4v) is 3.50. The second-order valence-corrected chi connectivity index (χ2v) is 5.85. The van der Waals surface area contributed by atoms with Crippen LogP contribution in [-0.2, 0) is 9.53 Å². The zero-order chi connectivity index (χ0) is 13.7. The lowest BCUT2D eigenvalue weighted by Gasteiger charge is -2.30. The summed E-state index contributed by atoms with van der Waals surface area (Å²) in [6.45, 7) is 6.96. The predicted octanol–water partition coefficient (Wildman–Crippen LogP) is 1.79. The van der Waals surface area contributed by atoms with Crippen molar-refractivity contribution < 1.29 is 9.53 Å². The van der Waals surface area contributed by atoms with Gasteiger partial charge in [0.25, 0.3) is 0 Å². The molecule has 2 aliphatic heterocycles. The third-order valence-corrected chi connectivity index (χ3v) is 4.48. The Kier molecular flexibility index (Phi) is 5.64. The lowest BCUT2D eigenvalue weighted by Crippen LogP contribution is -2.41. The van der Waals surface area contributed by atoms with E-state index in [0.717, 1.165) is 26.1 Å². The van der Waals surface area contributed by atoms with Crippen LogP contribution in [0.1, 0.15) is 46.0 Å². The lowest BCUT2D eigenvalue weighted by molar-refractivity contribution is -0.133. The van der Waals surface area contributed by atoms with Crippen LogP contribution < -0.4 is 5.32 Å². The number of amides is 1. The molecule has 0 aromatic carbocycles. The van der Waals surface area contributed by atoms with E-state index in [-0.39, 0.29) is 0 Å². The van der Waals surface area contributed by atoms with E-state index in [9.17, 15) is 4.79 Å². The van der Waals surface area contributed by atoms with Crippen molar-refractivity contribution in [1.82, 2.24) is 10.2 Å². The third-order valence-electron chi connectivity index (χ3n) is 4.48. The molecule has 2 bridgehead atoms. The standard InChI is InChI=1S/C15H28N2O2/c1-3-17(7-8-19-4-2)15(18)11-12-9-13-5-6-14(10-12)16-13/h12-14,16H,3-11H2,1-2H3. The maximum Gasteiger partial charge on any atom is 0.222 e. The van der Waals surface area contributed by atoms with Crippen LogP contribution in [0.15, 0.2) is 0 Å². The Morgan fingerprint density at radius 1 is 1.26 bits per heavy atom. The van der Waals surface area contributed by atoms with E-state index < -0.39 is 0 Å². The Bertz CT molecular complexity index is 284. The number of ether oxygens (including phenoxy) is 1. The first-order chi connectivity index (χ1) is 9.22. The molecule has 19 heavy (non-hydrogen) atoms. The van der Waals surface area contributed by atoms with Crippen LogP contribution in [0.25, 0.3) is 0 Å². The van der Waals surface area contributed by atoms with Crippen molar-refractivity contribution in [2.24, 2.45) is 5.92 Å². The van der Waals surface area contributed by atoms with E-state index in [4.69, 9.17) is 4.74 Å². The van der Waals surface area contributed by atoms with Gasteiger partial charge in [0.2, 0.25) is 5.91 Å². The molecule has 4 heteroatoms. The quantitative estimate of drug-likeness (QED) is 0.716. The van der Waals surface area contributed by atoms with Crippen molar-refractivity contribution in [3.8, 4) is 0 Å². The molecule has 1 amide bonds. The average Bonchev–Trinajstić information content (AvgIpc) is 2.74. The highest BCUT2D eigenvalue weighted by atomic mass is 16.5. The molecule has 0 saturated carbocycles. The van der Waals surface area contributed by atoms with Crippen LogP contribution in [0.5, 0.6) is 0 Å². The van der Waals surface area contributed by atoms with Gasteiger partial charge in [-0.1, -0.05) is 0 Å². The molecule has 2 unspecified atom stereocenters. The van der Waals surface area contributed by atoms with Gasteiger partial charge in [-0.2, -0.15) is 0 Å². The minimum atomic E-state index is 0.313. The molecule has 4 nitrogen and oxygen atoms in total. The van der Waals surface area contributed by atoms with Crippen molar-refractivity contribution in [1.29, 1.82) is 0 Å². The summed E-state index contributed by atoms with van der Waals surface area (Å²) in [4.78, 5) is 14.3. The highest BCUT2D eigenvalue weighted by molar-refractivity contribution is 5.76. The molecule has 0 radical (unpaired) electrons. The van der Waals surface area contributed by atoms with Gasteiger partial charge < -0.3 is 15.0 Å². The van der Waals surface area contributed by atoms with E-state index in [2.05, 4.69) is 12.2 Å². The number of nitrogens with one attached hydrogen (secondary N) is 1. The monoisotopic (exact) mass is 268 g/mol. The Morgan fingerprint density at radius 3 is 2.53 bits per heavy atom. The van der Waals surface area contributed by atoms with Gasteiger partial charge in [0.15, 0.2) is 0 Å². The molecular formula is C15H28N2O2. The third kappa shape index (κ3) is 4.18. The van der Waals surface area contributed by atoms with E-state index in [1.807, 2.05) is 11.8 Å². The van der Waals surface area contributed by atoms with Crippen molar-refractivity contribution >= 4 is 5.91 Å². The fraction of sp³-hybridized carbons (Fsp3) is 0.933. The van der Waals surface area contributed by atoms with E-state index in [1.165, 1.54) is 25.7 Å². The van der Waals surface area contributed by atoms with E-state index in [0.29, 0.717) is 30.5 Å². The first-order valence-corrected chi connectivity index (χ1v) is 7.84. The zero-order valence-electron chi connectivity index (χ0n) is 12.4. The number of piperidine rings is 1. The second kappa shape index (κ2) is 7.25. The maximum absolute atomic E-state index is 12.3. The van der Waals surface area contributed by atoms with E-state index >= 15 is 0 Å². The summed E-state index contributed by atoms with van der Waals surface area (Å²) in [6.07, 6.45) is 5.71. The number of likely N-dealkylation sites (N-methyl/N-ethyl adjacent to an activating group) is 1. The van der Waals surface area contributed by atoms with Gasteiger partial charge in [0.1, 0.15) is 0 Å². The highest BCUT2D eigenvalue weighted by Crippen LogP contribution is 2.32. The van der Waals surface area contributed by atoms with Crippen LogP contribution in [0.3, 0.4) is 0 Å². The fourth-order valence-electron chi connectivity index (χ4n) is 3.50. The van der Waals surface area contributed by atoms with Crippen molar-refractivity contribution in [2.45, 2.75) is 58.0 Å². The Morgan fingerprint density at radius 2 is 1.95 bits per heavy atom.